The Labute approximate surface area is 167 Å². The van der Waals surface area contributed by atoms with Crippen LogP contribution in [0.3, 0.4) is 0 Å². The molecule has 0 aliphatic carbocycles. The molecule has 3 rings (SSSR count). The number of nitrogens with zero attached hydrogens (tertiary/aromatic N) is 2. The fraction of sp³-hybridized carbons (Fsp3) is 0.286. The number of hydrogen-bond acceptors (Lipinski definition) is 6. The molecule has 1 aromatic heterocycles. The van der Waals surface area contributed by atoms with Gasteiger partial charge in [0.25, 0.3) is 0 Å². The molecular formula is C21H20N2O2S2. The van der Waals surface area contributed by atoms with Crippen LogP contribution >= 0.6 is 23.3 Å². The first-order chi connectivity index (χ1) is 12.9. The Morgan fingerprint density at radius 3 is 2.78 bits per heavy atom. The van der Waals surface area contributed by atoms with E-state index in [0.29, 0.717) is 12.2 Å². The van der Waals surface area contributed by atoms with Gasteiger partial charge in [-0.05, 0) is 68.6 Å². The highest BCUT2D eigenvalue weighted by atomic mass is 32.2. The van der Waals surface area contributed by atoms with Gasteiger partial charge in [-0.15, -0.1) is 11.8 Å². The van der Waals surface area contributed by atoms with Crippen molar-refractivity contribution in [3.8, 4) is 17.2 Å². The molecule has 0 saturated carbocycles. The van der Waals surface area contributed by atoms with Crippen molar-refractivity contribution < 1.29 is 9.53 Å². The first-order valence-electron chi connectivity index (χ1n) is 8.62. The second kappa shape index (κ2) is 7.71. The first-order valence-corrected chi connectivity index (χ1v) is 10.2. The van der Waals surface area contributed by atoms with Crippen LogP contribution in [0.15, 0.2) is 41.4 Å². The third-order valence-electron chi connectivity index (χ3n) is 4.24. The van der Waals surface area contributed by atoms with Crippen LogP contribution in [0.25, 0.3) is 21.2 Å². The van der Waals surface area contributed by atoms with Crippen molar-refractivity contribution in [3.05, 3.63) is 47.7 Å². The smallest absolute Gasteiger partial charge is 0.321 e. The summed E-state index contributed by atoms with van der Waals surface area (Å²) in [6.07, 6.45) is 1.85. The van der Waals surface area contributed by atoms with E-state index in [-0.39, 0.29) is 5.97 Å². The Morgan fingerprint density at radius 1 is 1.33 bits per heavy atom. The van der Waals surface area contributed by atoms with E-state index < -0.39 is 4.75 Å². The Bertz CT molecular complexity index is 1050. The highest BCUT2D eigenvalue weighted by molar-refractivity contribution is 8.01. The average molecular weight is 397 g/mol. The molecule has 4 nitrogen and oxygen atoms in total. The Morgan fingerprint density at radius 2 is 2.11 bits per heavy atom. The summed E-state index contributed by atoms with van der Waals surface area (Å²) in [5.41, 5.74) is 3.75. The summed E-state index contributed by atoms with van der Waals surface area (Å²) in [6.45, 7) is 7.93. The number of fused-ring (bicyclic) bond motifs is 1. The maximum absolute atomic E-state index is 12.4. The van der Waals surface area contributed by atoms with Gasteiger partial charge in [0.15, 0.2) is 0 Å². The molecule has 27 heavy (non-hydrogen) atoms. The van der Waals surface area contributed by atoms with Gasteiger partial charge in [-0.1, -0.05) is 12.1 Å². The molecule has 0 fully saturated rings. The summed E-state index contributed by atoms with van der Waals surface area (Å²) in [5.74, 6) is -0.234. The zero-order chi connectivity index (χ0) is 19.6. The third kappa shape index (κ3) is 3.85. The molecule has 0 unspecified atom stereocenters. The Kier molecular flexibility index (Phi) is 5.54. The fourth-order valence-electron chi connectivity index (χ4n) is 2.89. The van der Waals surface area contributed by atoms with Crippen molar-refractivity contribution in [2.45, 2.75) is 37.3 Å². The number of carbonyl (C=O) groups excluding carboxylic acids is 1. The van der Waals surface area contributed by atoms with Gasteiger partial charge in [-0.25, -0.2) is 0 Å². The number of ether oxygens (including phenoxy) is 1. The Hall–Kier alpha value is -2.36. The third-order valence-corrected chi connectivity index (χ3v) is 6.31. The second-order valence-electron chi connectivity index (χ2n) is 6.66. The molecule has 0 atom stereocenters. The van der Waals surface area contributed by atoms with Crippen LogP contribution in [0.2, 0.25) is 0 Å². The largest absolute Gasteiger partial charge is 0.465 e. The lowest BCUT2D eigenvalue weighted by atomic mass is 9.98. The molecule has 0 bridgehead atoms. The molecular weight excluding hydrogens is 376 g/mol. The van der Waals surface area contributed by atoms with E-state index in [2.05, 4.69) is 10.4 Å². The lowest BCUT2D eigenvalue weighted by Crippen LogP contribution is -2.30. The monoisotopic (exact) mass is 396 g/mol. The normalized spacial score (nSPS) is 11.4. The van der Waals surface area contributed by atoms with Crippen molar-refractivity contribution in [2.75, 3.05) is 6.61 Å². The van der Waals surface area contributed by atoms with Crippen LogP contribution in [0.1, 0.15) is 31.9 Å². The molecule has 0 N–H and O–H groups in total. The fourth-order valence-corrected chi connectivity index (χ4v) is 4.91. The van der Waals surface area contributed by atoms with E-state index >= 15 is 0 Å². The minimum Gasteiger partial charge on any atom is -0.465 e. The summed E-state index contributed by atoms with van der Waals surface area (Å²) < 4.78 is 9.94. The van der Waals surface area contributed by atoms with Gasteiger partial charge in [0.05, 0.1) is 22.9 Å². The van der Waals surface area contributed by atoms with Crippen molar-refractivity contribution in [1.29, 1.82) is 5.26 Å². The van der Waals surface area contributed by atoms with Crippen molar-refractivity contribution >= 4 is 39.3 Å². The van der Waals surface area contributed by atoms with Gasteiger partial charge in [-0.2, -0.15) is 9.64 Å². The van der Waals surface area contributed by atoms with E-state index in [1.54, 1.807) is 0 Å². The first kappa shape index (κ1) is 19.4. The minimum absolute atomic E-state index is 0.234. The molecule has 0 spiro atoms. The van der Waals surface area contributed by atoms with E-state index in [9.17, 15) is 4.79 Å². The molecule has 1 heterocycles. The van der Waals surface area contributed by atoms with Gasteiger partial charge in [0.2, 0.25) is 0 Å². The molecule has 0 amide bonds. The minimum atomic E-state index is -0.719. The highest BCUT2D eigenvalue weighted by Crippen LogP contribution is 2.44. The van der Waals surface area contributed by atoms with E-state index in [4.69, 9.17) is 10.00 Å². The van der Waals surface area contributed by atoms with Crippen molar-refractivity contribution in [1.82, 2.24) is 4.37 Å². The molecule has 0 radical (unpaired) electrons. The zero-order valence-electron chi connectivity index (χ0n) is 15.7. The maximum atomic E-state index is 12.4. The predicted molar refractivity (Wildman–Crippen MR) is 111 cm³/mol. The molecule has 0 saturated heterocycles. The lowest BCUT2D eigenvalue weighted by Gasteiger charge is -2.23. The Balaban J connectivity index is 2.16. The predicted octanol–water partition coefficient (Wildman–Crippen LogP) is 5.58. The number of aromatic nitrogens is 1. The van der Waals surface area contributed by atoms with Crippen LogP contribution in [-0.4, -0.2) is 21.7 Å². The second-order valence-corrected chi connectivity index (χ2v) is 9.12. The number of nitriles is 1. The summed E-state index contributed by atoms with van der Waals surface area (Å²) in [4.78, 5) is 13.4. The lowest BCUT2D eigenvalue weighted by molar-refractivity contribution is -0.145. The van der Waals surface area contributed by atoms with Crippen molar-refractivity contribution in [2.24, 2.45) is 0 Å². The summed E-state index contributed by atoms with van der Waals surface area (Å²) >= 11 is 2.93. The number of esters is 1. The van der Waals surface area contributed by atoms with E-state index in [0.717, 1.165) is 31.7 Å². The highest BCUT2D eigenvalue weighted by Gasteiger charge is 2.32. The van der Waals surface area contributed by atoms with Crippen molar-refractivity contribution in [3.63, 3.8) is 0 Å². The van der Waals surface area contributed by atoms with E-state index in [1.165, 1.54) is 23.3 Å². The SMILES string of the molecule is CCOC(=O)C(C)(C)Sc1ccc2cnsc2c1-c1ccc(C#N)cc1C. The van der Waals surface area contributed by atoms with E-state index in [1.807, 2.05) is 64.2 Å². The molecule has 3 aromatic rings. The number of thioether (sulfide) groups is 1. The van der Waals surface area contributed by atoms with Gasteiger partial charge < -0.3 is 4.74 Å². The number of benzene rings is 2. The molecule has 138 valence electrons. The summed E-state index contributed by atoms with van der Waals surface area (Å²) in [5, 5.41) is 10.2. The van der Waals surface area contributed by atoms with Crippen LogP contribution < -0.4 is 0 Å². The number of rotatable bonds is 5. The van der Waals surface area contributed by atoms with Gasteiger partial charge in [0.1, 0.15) is 4.75 Å². The zero-order valence-corrected chi connectivity index (χ0v) is 17.3. The van der Waals surface area contributed by atoms with Crippen LogP contribution in [0.4, 0.5) is 0 Å². The summed E-state index contributed by atoms with van der Waals surface area (Å²) in [6, 6.07) is 11.9. The van der Waals surface area contributed by atoms with Gasteiger partial charge in [-0.3, -0.25) is 4.79 Å². The van der Waals surface area contributed by atoms with Gasteiger partial charge in [0, 0.05) is 22.0 Å². The molecule has 2 aromatic carbocycles. The van der Waals surface area contributed by atoms with Gasteiger partial charge >= 0.3 is 5.97 Å². The standard InChI is InChI=1S/C21H20N2O2S2/c1-5-25-20(24)21(3,4)26-17-9-7-15-12-23-27-19(15)18(17)16-8-6-14(11-22)10-13(16)2/h6-10,12H,5H2,1-4H3. The topological polar surface area (TPSA) is 63.0 Å². The number of aryl methyl sites for hydroxylation is 1. The van der Waals surface area contributed by atoms with Crippen LogP contribution in [0.5, 0.6) is 0 Å². The quantitative estimate of drug-likeness (QED) is 0.416. The molecule has 0 aliphatic heterocycles. The number of hydrogen-bond donors (Lipinski definition) is 0. The maximum Gasteiger partial charge on any atom is 0.321 e. The average Bonchev–Trinajstić information content (AvgIpc) is 3.10. The van der Waals surface area contributed by atoms with Crippen LogP contribution in [0, 0.1) is 18.3 Å². The molecule has 6 heteroatoms. The number of carbonyl (C=O) groups is 1. The summed E-state index contributed by atoms with van der Waals surface area (Å²) in [7, 11) is 0. The van der Waals surface area contributed by atoms with Crippen LogP contribution in [-0.2, 0) is 9.53 Å². The molecule has 0 aliphatic rings.